The van der Waals surface area contributed by atoms with Crippen molar-refractivity contribution < 1.29 is 4.79 Å². The Morgan fingerprint density at radius 2 is 2.18 bits per heavy atom. The second-order valence-corrected chi connectivity index (χ2v) is 4.95. The number of carbonyl (C=O) groups excluding carboxylic acids is 1. The molecule has 0 aliphatic carbocycles. The molecule has 0 spiro atoms. The van der Waals surface area contributed by atoms with Gasteiger partial charge in [-0.25, -0.2) is 9.50 Å². The van der Waals surface area contributed by atoms with E-state index in [0.29, 0.717) is 17.9 Å². The fourth-order valence-corrected chi connectivity index (χ4v) is 2.48. The molecule has 1 amide bonds. The molecule has 7 nitrogen and oxygen atoms in total. The minimum Gasteiger partial charge on any atom is -0.351 e. The summed E-state index contributed by atoms with van der Waals surface area (Å²) >= 11 is 0. The molecule has 0 fully saturated rings. The molecule has 0 saturated heterocycles. The third-order valence-electron chi connectivity index (χ3n) is 3.61. The fourth-order valence-electron chi connectivity index (χ4n) is 2.48. The van der Waals surface area contributed by atoms with Gasteiger partial charge in [0.15, 0.2) is 11.3 Å². The van der Waals surface area contributed by atoms with Crippen molar-refractivity contribution in [2.24, 2.45) is 0 Å². The minimum atomic E-state index is -0.195. The predicted octanol–water partition coefficient (Wildman–Crippen LogP) is 1.67. The largest absolute Gasteiger partial charge is 0.351 e. The normalized spacial score (nSPS) is 11.0. The van der Waals surface area contributed by atoms with E-state index < -0.39 is 0 Å². The molecule has 0 radical (unpaired) electrons. The second kappa shape index (κ2) is 5.59. The number of nitrogens with one attached hydrogen (secondary N) is 1. The van der Waals surface area contributed by atoms with Crippen LogP contribution < -0.4 is 5.32 Å². The number of carbonyl (C=O) groups is 1. The van der Waals surface area contributed by atoms with Gasteiger partial charge in [0.1, 0.15) is 0 Å². The molecule has 3 aromatic heterocycles. The molecule has 0 aromatic carbocycles. The summed E-state index contributed by atoms with van der Waals surface area (Å²) in [6, 6.07) is 3.57. The number of nitrogens with zero attached hydrogens (tertiary/aromatic N) is 5. The molecule has 0 saturated carbocycles. The van der Waals surface area contributed by atoms with E-state index in [0.717, 1.165) is 23.5 Å². The summed E-state index contributed by atoms with van der Waals surface area (Å²) in [6.45, 7) is 7.32. The van der Waals surface area contributed by atoms with Gasteiger partial charge in [0.25, 0.3) is 5.91 Å². The quantitative estimate of drug-likeness (QED) is 0.795. The van der Waals surface area contributed by atoms with E-state index >= 15 is 0 Å². The lowest BCUT2D eigenvalue weighted by Crippen LogP contribution is -2.23. The van der Waals surface area contributed by atoms with E-state index in [2.05, 4.69) is 20.5 Å². The van der Waals surface area contributed by atoms with Gasteiger partial charge < -0.3 is 5.32 Å². The number of aryl methyl sites for hydroxylation is 1. The predicted molar refractivity (Wildman–Crippen MR) is 82.6 cm³/mol. The van der Waals surface area contributed by atoms with Crippen molar-refractivity contribution in [2.75, 3.05) is 6.54 Å². The van der Waals surface area contributed by atoms with E-state index in [1.807, 2.05) is 37.7 Å². The first kappa shape index (κ1) is 14.2. The van der Waals surface area contributed by atoms with Crippen LogP contribution in [-0.4, -0.2) is 36.8 Å². The van der Waals surface area contributed by atoms with Gasteiger partial charge in [-0.2, -0.15) is 10.2 Å². The number of amides is 1. The number of rotatable bonds is 4. The summed E-state index contributed by atoms with van der Waals surface area (Å²) in [6.07, 6.45) is 3.54. The van der Waals surface area contributed by atoms with Gasteiger partial charge >= 0.3 is 0 Å². The zero-order valence-corrected chi connectivity index (χ0v) is 12.9. The molecule has 3 rings (SSSR count). The van der Waals surface area contributed by atoms with Gasteiger partial charge in [0.05, 0.1) is 11.9 Å². The highest BCUT2D eigenvalue weighted by molar-refractivity contribution is 5.93. The monoisotopic (exact) mass is 298 g/mol. The average Bonchev–Trinajstić information content (AvgIpc) is 3.10. The molecular formula is C15H18N6O. The molecule has 114 valence electrons. The van der Waals surface area contributed by atoms with Crippen LogP contribution >= 0.6 is 0 Å². The zero-order valence-electron chi connectivity index (χ0n) is 12.9. The SMILES string of the molecule is CCNC(=O)c1cc2nccc(-c3cnn(CC)c3C)n2n1. The Kier molecular flexibility index (Phi) is 3.62. The Morgan fingerprint density at radius 3 is 2.86 bits per heavy atom. The third kappa shape index (κ3) is 2.24. The van der Waals surface area contributed by atoms with Crippen molar-refractivity contribution >= 4 is 11.6 Å². The van der Waals surface area contributed by atoms with Gasteiger partial charge in [-0.05, 0) is 26.8 Å². The van der Waals surface area contributed by atoms with E-state index in [1.54, 1.807) is 16.8 Å². The summed E-state index contributed by atoms with van der Waals surface area (Å²) in [5.74, 6) is -0.195. The molecule has 22 heavy (non-hydrogen) atoms. The number of fused-ring (bicyclic) bond motifs is 1. The number of aromatic nitrogens is 5. The molecule has 0 unspecified atom stereocenters. The lowest BCUT2D eigenvalue weighted by Gasteiger charge is -2.04. The molecule has 7 heteroatoms. The van der Waals surface area contributed by atoms with Crippen LogP contribution in [0.5, 0.6) is 0 Å². The Balaban J connectivity index is 2.14. The molecule has 0 aliphatic heterocycles. The van der Waals surface area contributed by atoms with Gasteiger partial charge in [0, 0.05) is 36.6 Å². The minimum absolute atomic E-state index is 0.195. The first-order chi connectivity index (χ1) is 10.7. The van der Waals surface area contributed by atoms with Gasteiger partial charge in [-0.1, -0.05) is 0 Å². The van der Waals surface area contributed by atoms with E-state index in [-0.39, 0.29) is 5.91 Å². The topological polar surface area (TPSA) is 77.1 Å². The average molecular weight is 298 g/mol. The summed E-state index contributed by atoms with van der Waals surface area (Å²) in [5.41, 5.74) is 3.92. The lowest BCUT2D eigenvalue weighted by atomic mass is 10.2. The van der Waals surface area contributed by atoms with Crippen LogP contribution in [0.4, 0.5) is 0 Å². The van der Waals surface area contributed by atoms with Crippen LogP contribution in [0.25, 0.3) is 16.9 Å². The van der Waals surface area contributed by atoms with Crippen molar-refractivity contribution in [1.82, 2.24) is 29.7 Å². The maximum absolute atomic E-state index is 11.9. The number of hydrogen-bond acceptors (Lipinski definition) is 4. The molecule has 3 aromatic rings. The standard InChI is InChI=1S/C15H18N6O/c1-4-16-15(22)12-8-14-17-7-6-13(21(14)19-12)11-9-18-20(5-2)10(11)3/h6-9H,4-5H2,1-3H3,(H,16,22). The van der Waals surface area contributed by atoms with Crippen LogP contribution in [0.3, 0.4) is 0 Å². The molecule has 3 heterocycles. The molecular weight excluding hydrogens is 280 g/mol. The van der Waals surface area contributed by atoms with Crippen LogP contribution in [0.15, 0.2) is 24.5 Å². The van der Waals surface area contributed by atoms with E-state index in [4.69, 9.17) is 0 Å². The first-order valence-corrected chi connectivity index (χ1v) is 7.31. The van der Waals surface area contributed by atoms with Crippen molar-refractivity contribution in [2.45, 2.75) is 27.3 Å². The third-order valence-corrected chi connectivity index (χ3v) is 3.61. The van der Waals surface area contributed by atoms with Crippen molar-refractivity contribution in [3.05, 3.63) is 35.9 Å². The zero-order chi connectivity index (χ0) is 15.7. The Bertz CT molecular complexity index is 832. The van der Waals surface area contributed by atoms with Crippen molar-refractivity contribution in [1.29, 1.82) is 0 Å². The van der Waals surface area contributed by atoms with Gasteiger partial charge in [-0.15, -0.1) is 0 Å². The Morgan fingerprint density at radius 1 is 1.36 bits per heavy atom. The summed E-state index contributed by atoms with van der Waals surface area (Å²) < 4.78 is 3.62. The van der Waals surface area contributed by atoms with E-state index in [9.17, 15) is 4.79 Å². The van der Waals surface area contributed by atoms with Crippen molar-refractivity contribution in [3.8, 4) is 11.3 Å². The van der Waals surface area contributed by atoms with E-state index in [1.165, 1.54) is 0 Å². The highest BCUT2D eigenvalue weighted by Gasteiger charge is 2.15. The molecule has 1 N–H and O–H groups in total. The lowest BCUT2D eigenvalue weighted by molar-refractivity contribution is 0.0950. The highest BCUT2D eigenvalue weighted by Crippen LogP contribution is 2.23. The molecule has 0 bridgehead atoms. The highest BCUT2D eigenvalue weighted by atomic mass is 16.1. The van der Waals surface area contributed by atoms with Crippen LogP contribution in [-0.2, 0) is 6.54 Å². The number of hydrogen-bond donors (Lipinski definition) is 1. The Labute approximate surface area is 128 Å². The van der Waals surface area contributed by atoms with Crippen LogP contribution in [0.2, 0.25) is 0 Å². The maximum atomic E-state index is 11.9. The fraction of sp³-hybridized carbons (Fsp3) is 0.333. The Hall–Kier alpha value is -2.70. The molecule has 0 atom stereocenters. The summed E-state index contributed by atoms with van der Waals surface area (Å²) in [5, 5.41) is 11.5. The first-order valence-electron chi connectivity index (χ1n) is 7.31. The maximum Gasteiger partial charge on any atom is 0.271 e. The van der Waals surface area contributed by atoms with Crippen molar-refractivity contribution in [3.63, 3.8) is 0 Å². The van der Waals surface area contributed by atoms with Crippen LogP contribution in [0.1, 0.15) is 30.0 Å². The summed E-state index contributed by atoms with van der Waals surface area (Å²) in [4.78, 5) is 16.2. The smallest absolute Gasteiger partial charge is 0.271 e. The van der Waals surface area contributed by atoms with Gasteiger partial charge in [-0.3, -0.25) is 9.48 Å². The summed E-state index contributed by atoms with van der Waals surface area (Å²) in [7, 11) is 0. The van der Waals surface area contributed by atoms with Crippen LogP contribution in [0, 0.1) is 6.92 Å². The molecule has 0 aliphatic rings. The second-order valence-electron chi connectivity index (χ2n) is 4.95. The van der Waals surface area contributed by atoms with Gasteiger partial charge in [0.2, 0.25) is 0 Å².